The highest BCUT2D eigenvalue weighted by molar-refractivity contribution is 9.10. The predicted molar refractivity (Wildman–Crippen MR) is 149 cm³/mol. The van der Waals surface area contributed by atoms with E-state index in [2.05, 4.69) is 39.6 Å². The van der Waals surface area contributed by atoms with E-state index in [1.807, 2.05) is 24.3 Å². The number of likely N-dealkylation sites (tertiary alicyclic amines) is 1. The van der Waals surface area contributed by atoms with Crippen molar-refractivity contribution in [3.8, 4) is 17.6 Å². The minimum Gasteiger partial charge on any atom is -0.481 e. The van der Waals surface area contributed by atoms with E-state index in [0.717, 1.165) is 29.3 Å². The van der Waals surface area contributed by atoms with E-state index in [1.165, 1.54) is 18.6 Å². The van der Waals surface area contributed by atoms with E-state index in [-0.39, 0.29) is 31.0 Å². The summed E-state index contributed by atoms with van der Waals surface area (Å²) >= 11 is 3.45. The monoisotopic (exact) mass is 589 g/mol. The molecule has 1 aliphatic rings. The highest BCUT2D eigenvalue weighted by Crippen LogP contribution is 2.37. The molecule has 0 unspecified atom stereocenters. The number of rotatable bonds is 11. The lowest BCUT2D eigenvalue weighted by Crippen LogP contribution is -2.54. The SMILES string of the molecule is CCCCCC#CCOc1ccc(S(=O)(=O)C2(C(=O)OCC)CCN(Cc3ccc(Br)cc3)CC2)cc1. The van der Waals surface area contributed by atoms with Crippen molar-refractivity contribution >= 4 is 31.7 Å². The summed E-state index contributed by atoms with van der Waals surface area (Å²) in [6.07, 6.45) is 4.62. The molecule has 0 aliphatic carbocycles. The molecule has 1 aliphatic heterocycles. The van der Waals surface area contributed by atoms with Crippen LogP contribution in [0.4, 0.5) is 0 Å². The van der Waals surface area contributed by atoms with Gasteiger partial charge in [0.2, 0.25) is 0 Å². The van der Waals surface area contributed by atoms with E-state index in [9.17, 15) is 13.2 Å². The van der Waals surface area contributed by atoms with Gasteiger partial charge < -0.3 is 9.47 Å². The summed E-state index contributed by atoms with van der Waals surface area (Å²) in [5.41, 5.74) is 1.14. The van der Waals surface area contributed by atoms with Crippen molar-refractivity contribution in [1.29, 1.82) is 0 Å². The second-order valence-corrected chi connectivity index (χ2v) is 12.4. The first kappa shape index (κ1) is 29.2. The van der Waals surface area contributed by atoms with Crippen molar-refractivity contribution < 1.29 is 22.7 Å². The van der Waals surface area contributed by atoms with Crippen LogP contribution < -0.4 is 4.74 Å². The van der Waals surface area contributed by atoms with Crippen molar-refractivity contribution in [1.82, 2.24) is 4.90 Å². The molecule has 37 heavy (non-hydrogen) atoms. The molecule has 0 saturated carbocycles. The molecule has 2 aromatic carbocycles. The molecule has 0 aromatic heterocycles. The molecule has 1 heterocycles. The summed E-state index contributed by atoms with van der Waals surface area (Å²) in [5.74, 6) is 5.95. The largest absolute Gasteiger partial charge is 0.481 e. The van der Waals surface area contributed by atoms with Crippen molar-refractivity contribution in [2.45, 2.75) is 68.6 Å². The number of benzene rings is 2. The number of carbonyl (C=O) groups is 1. The summed E-state index contributed by atoms with van der Waals surface area (Å²) in [6.45, 7) is 5.88. The molecule has 2 aromatic rings. The Morgan fingerprint density at radius 1 is 1.00 bits per heavy atom. The number of piperidine rings is 1. The number of hydrogen-bond donors (Lipinski definition) is 0. The van der Waals surface area contributed by atoms with Gasteiger partial charge in [0.1, 0.15) is 12.4 Å². The molecular weight excluding hydrogens is 554 g/mol. The number of sulfone groups is 1. The van der Waals surface area contributed by atoms with Crippen molar-refractivity contribution in [2.24, 2.45) is 0 Å². The Kier molecular flexibility index (Phi) is 11.0. The van der Waals surface area contributed by atoms with Gasteiger partial charge in [-0.3, -0.25) is 9.69 Å². The Morgan fingerprint density at radius 2 is 1.68 bits per heavy atom. The van der Waals surface area contributed by atoms with Crippen LogP contribution in [-0.4, -0.2) is 50.3 Å². The topological polar surface area (TPSA) is 72.9 Å². The van der Waals surface area contributed by atoms with E-state index in [0.29, 0.717) is 25.4 Å². The van der Waals surface area contributed by atoms with Crippen LogP contribution in [0.25, 0.3) is 0 Å². The predicted octanol–water partition coefficient (Wildman–Crippen LogP) is 5.78. The zero-order chi connectivity index (χ0) is 26.7. The van der Waals surface area contributed by atoms with Crippen LogP contribution in [0.15, 0.2) is 57.9 Å². The van der Waals surface area contributed by atoms with Crippen LogP contribution in [-0.2, 0) is 25.9 Å². The van der Waals surface area contributed by atoms with E-state index >= 15 is 0 Å². The molecule has 0 atom stereocenters. The number of halogens is 1. The third kappa shape index (κ3) is 7.59. The normalized spacial score (nSPS) is 15.4. The maximum atomic E-state index is 13.8. The van der Waals surface area contributed by atoms with Crippen molar-refractivity contribution in [2.75, 3.05) is 26.3 Å². The Morgan fingerprint density at radius 3 is 2.30 bits per heavy atom. The van der Waals surface area contributed by atoms with Crippen LogP contribution in [0, 0.1) is 11.8 Å². The summed E-state index contributed by atoms with van der Waals surface area (Å²) < 4.78 is 38.0. The molecule has 0 amide bonds. The lowest BCUT2D eigenvalue weighted by Gasteiger charge is -2.39. The van der Waals surface area contributed by atoms with Crippen LogP contribution >= 0.6 is 15.9 Å². The quantitative estimate of drug-likeness (QED) is 0.188. The van der Waals surface area contributed by atoms with Gasteiger partial charge in [-0.25, -0.2) is 8.42 Å². The molecule has 3 rings (SSSR count). The van der Waals surface area contributed by atoms with Gasteiger partial charge in [0, 0.05) is 30.5 Å². The number of carbonyl (C=O) groups excluding carboxylic acids is 1. The van der Waals surface area contributed by atoms with Gasteiger partial charge in [-0.1, -0.05) is 59.7 Å². The zero-order valence-electron chi connectivity index (χ0n) is 21.7. The van der Waals surface area contributed by atoms with Crippen LogP contribution in [0.5, 0.6) is 5.75 Å². The maximum absolute atomic E-state index is 13.8. The van der Waals surface area contributed by atoms with Gasteiger partial charge in [-0.2, -0.15) is 0 Å². The average molecular weight is 591 g/mol. The summed E-state index contributed by atoms with van der Waals surface area (Å²) in [7, 11) is -3.99. The van der Waals surface area contributed by atoms with E-state index in [1.54, 1.807) is 19.1 Å². The van der Waals surface area contributed by atoms with Crippen LogP contribution in [0.3, 0.4) is 0 Å². The van der Waals surface area contributed by atoms with Gasteiger partial charge in [-0.05, 0) is 68.1 Å². The molecule has 1 saturated heterocycles. The Bertz CT molecular complexity index is 1180. The molecule has 200 valence electrons. The standard InChI is InChI=1S/C29H36BrNO5S/c1-3-5-6-7-8-9-22-36-26-14-16-27(17-15-26)37(33,34)29(28(32)35-4-2)18-20-31(21-19-29)23-24-10-12-25(30)13-11-24/h10-17H,3-7,18-23H2,1-2H3. The third-order valence-electron chi connectivity index (χ3n) is 6.62. The fourth-order valence-electron chi connectivity index (χ4n) is 4.43. The fraction of sp³-hybridized carbons (Fsp3) is 0.483. The van der Waals surface area contributed by atoms with E-state index in [4.69, 9.17) is 9.47 Å². The first-order chi connectivity index (χ1) is 17.8. The Labute approximate surface area is 229 Å². The van der Waals surface area contributed by atoms with Crippen LogP contribution in [0.2, 0.25) is 0 Å². The first-order valence-electron chi connectivity index (χ1n) is 12.9. The van der Waals surface area contributed by atoms with Gasteiger partial charge in [0.05, 0.1) is 11.5 Å². The van der Waals surface area contributed by atoms with Gasteiger partial charge >= 0.3 is 5.97 Å². The average Bonchev–Trinajstić information content (AvgIpc) is 2.90. The second kappa shape index (κ2) is 14.0. The third-order valence-corrected chi connectivity index (χ3v) is 9.65. The highest BCUT2D eigenvalue weighted by Gasteiger charge is 2.54. The van der Waals surface area contributed by atoms with Gasteiger partial charge in [0.25, 0.3) is 0 Å². The summed E-state index contributed by atoms with van der Waals surface area (Å²) in [5, 5.41) is 0. The van der Waals surface area contributed by atoms with Crippen molar-refractivity contribution in [3.05, 3.63) is 58.6 Å². The zero-order valence-corrected chi connectivity index (χ0v) is 24.1. The first-order valence-corrected chi connectivity index (χ1v) is 15.2. The molecule has 1 fully saturated rings. The molecule has 0 spiro atoms. The fourth-order valence-corrected chi connectivity index (χ4v) is 6.64. The minimum atomic E-state index is -3.99. The van der Waals surface area contributed by atoms with Gasteiger partial charge in [0.15, 0.2) is 14.6 Å². The lowest BCUT2D eigenvalue weighted by atomic mass is 9.95. The van der Waals surface area contributed by atoms with Crippen molar-refractivity contribution in [3.63, 3.8) is 0 Å². The Hall–Kier alpha value is -2.34. The maximum Gasteiger partial charge on any atom is 0.327 e. The number of hydrogen-bond acceptors (Lipinski definition) is 6. The minimum absolute atomic E-state index is 0.0971. The Balaban J connectivity index is 1.69. The molecule has 6 nitrogen and oxygen atoms in total. The molecule has 8 heteroatoms. The molecule has 0 radical (unpaired) electrons. The summed E-state index contributed by atoms with van der Waals surface area (Å²) in [4.78, 5) is 15.4. The number of unbranched alkanes of at least 4 members (excludes halogenated alkanes) is 3. The number of esters is 1. The molecular formula is C29H36BrNO5S. The number of ether oxygens (including phenoxy) is 2. The lowest BCUT2D eigenvalue weighted by molar-refractivity contribution is -0.147. The summed E-state index contributed by atoms with van der Waals surface area (Å²) in [6, 6.07) is 14.3. The van der Waals surface area contributed by atoms with Gasteiger partial charge in [-0.15, -0.1) is 0 Å². The molecule has 0 N–H and O–H groups in total. The second-order valence-electron chi connectivity index (χ2n) is 9.19. The smallest absolute Gasteiger partial charge is 0.327 e. The molecule has 0 bridgehead atoms. The van der Waals surface area contributed by atoms with Crippen LogP contribution in [0.1, 0.15) is 57.9 Å². The highest BCUT2D eigenvalue weighted by atomic mass is 79.9. The van der Waals surface area contributed by atoms with E-state index < -0.39 is 20.6 Å². The number of nitrogens with zero attached hydrogens (tertiary/aromatic N) is 1.